The molecule has 8 heteroatoms. The molecule has 1 saturated heterocycles. The Morgan fingerprint density at radius 3 is 2.95 bits per heavy atom. The monoisotopic (exact) mass is 339 g/mol. The van der Waals surface area contributed by atoms with Crippen LogP contribution in [0, 0.1) is 0 Å². The predicted octanol–water partition coefficient (Wildman–Crippen LogP) is 2.26. The van der Waals surface area contributed by atoms with Crippen molar-refractivity contribution in [1.29, 1.82) is 0 Å². The molecule has 19 heavy (non-hydrogen) atoms. The minimum Gasteiger partial charge on any atom is -0.374 e. The van der Waals surface area contributed by atoms with Crippen LogP contribution in [-0.4, -0.2) is 37.3 Å². The van der Waals surface area contributed by atoms with E-state index in [2.05, 4.69) is 31.5 Å². The summed E-state index contributed by atoms with van der Waals surface area (Å²) in [5.74, 6) is -0.176. The Hall–Kier alpha value is -0.860. The normalized spacial score (nSPS) is 20.3. The molecule has 1 atom stereocenters. The molecule has 4 nitrogen and oxygen atoms in total. The highest BCUT2D eigenvalue weighted by Crippen LogP contribution is 2.35. The number of alkyl halides is 3. The highest BCUT2D eigenvalue weighted by Gasteiger charge is 2.34. The quantitative estimate of drug-likeness (QED) is 0.886. The maximum atomic E-state index is 12.8. The Morgan fingerprint density at radius 2 is 2.32 bits per heavy atom. The minimum atomic E-state index is -4.44. The van der Waals surface area contributed by atoms with Crippen molar-refractivity contribution in [3.05, 3.63) is 22.3 Å². The Labute approximate surface area is 116 Å². The lowest BCUT2D eigenvalue weighted by atomic mass is 10.2. The number of hydrogen-bond donors (Lipinski definition) is 2. The van der Waals surface area contributed by atoms with Crippen LogP contribution in [0.5, 0.6) is 0 Å². The van der Waals surface area contributed by atoms with Gasteiger partial charge in [0.1, 0.15) is 5.82 Å². The third-order valence-corrected chi connectivity index (χ3v) is 3.09. The van der Waals surface area contributed by atoms with Gasteiger partial charge in [-0.15, -0.1) is 0 Å². The fraction of sp³-hybridized carbons (Fsp3) is 0.545. The highest BCUT2D eigenvalue weighted by molar-refractivity contribution is 9.10. The number of rotatable bonds is 3. The van der Waals surface area contributed by atoms with Gasteiger partial charge in [0.15, 0.2) is 0 Å². The number of pyridine rings is 1. The van der Waals surface area contributed by atoms with Gasteiger partial charge in [0.05, 0.1) is 18.3 Å². The molecule has 1 aliphatic heterocycles. The number of aromatic nitrogens is 1. The van der Waals surface area contributed by atoms with Crippen molar-refractivity contribution in [2.24, 2.45) is 0 Å². The van der Waals surface area contributed by atoms with Gasteiger partial charge in [-0.3, -0.25) is 0 Å². The highest BCUT2D eigenvalue weighted by atomic mass is 79.9. The van der Waals surface area contributed by atoms with Crippen LogP contribution < -0.4 is 10.6 Å². The van der Waals surface area contributed by atoms with E-state index in [0.29, 0.717) is 17.6 Å². The molecule has 1 aliphatic rings. The zero-order valence-corrected chi connectivity index (χ0v) is 11.5. The van der Waals surface area contributed by atoms with Gasteiger partial charge in [0.25, 0.3) is 0 Å². The lowest BCUT2D eigenvalue weighted by Crippen LogP contribution is -2.42. The fourth-order valence-electron chi connectivity index (χ4n) is 1.76. The molecule has 0 aromatic carbocycles. The second kappa shape index (κ2) is 6.06. The van der Waals surface area contributed by atoms with E-state index in [1.165, 1.54) is 6.20 Å². The number of hydrogen-bond acceptors (Lipinski definition) is 4. The zero-order valence-electron chi connectivity index (χ0n) is 9.93. The summed E-state index contributed by atoms with van der Waals surface area (Å²) in [5, 5.41) is 5.81. The zero-order chi connectivity index (χ0) is 13.9. The molecule has 0 spiro atoms. The maximum absolute atomic E-state index is 12.8. The van der Waals surface area contributed by atoms with Crippen LogP contribution in [0.15, 0.2) is 16.7 Å². The second-order valence-corrected chi connectivity index (χ2v) is 5.04. The molecule has 2 N–H and O–H groups in total. The molecule has 106 valence electrons. The third-order valence-electron chi connectivity index (χ3n) is 2.66. The lowest BCUT2D eigenvalue weighted by Gasteiger charge is -2.24. The van der Waals surface area contributed by atoms with Crippen molar-refractivity contribution in [2.75, 3.05) is 31.6 Å². The van der Waals surface area contributed by atoms with Crippen LogP contribution in [-0.2, 0) is 10.9 Å². The molecule has 0 bridgehead atoms. The van der Waals surface area contributed by atoms with Crippen LogP contribution in [0.3, 0.4) is 0 Å². The molecule has 1 unspecified atom stereocenters. The van der Waals surface area contributed by atoms with E-state index in [-0.39, 0.29) is 18.5 Å². The van der Waals surface area contributed by atoms with Crippen LogP contribution in [0.25, 0.3) is 0 Å². The van der Waals surface area contributed by atoms with Crippen LogP contribution in [0.2, 0.25) is 0 Å². The second-order valence-electron chi connectivity index (χ2n) is 4.13. The Balaban J connectivity index is 2.06. The Kier molecular flexibility index (Phi) is 4.64. The topological polar surface area (TPSA) is 46.2 Å². The summed E-state index contributed by atoms with van der Waals surface area (Å²) in [6.07, 6.45) is -3.26. The standard InChI is InChI=1S/C11H13BrF3N3O/c12-7-3-9(11(13,14)15)10(17-4-7)18-6-8-5-16-1-2-19-8/h3-4,8,16H,1-2,5-6H2,(H,17,18). The number of ether oxygens (including phenoxy) is 1. The van der Waals surface area contributed by atoms with E-state index < -0.39 is 11.7 Å². The fourth-order valence-corrected chi connectivity index (χ4v) is 2.09. The van der Waals surface area contributed by atoms with Gasteiger partial charge >= 0.3 is 6.18 Å². The van der Waals surface area contributed by atoms with Crippen molar-refractivity contribution in [2.45, 2.75) is 12.3 Å². The first-order valence-corrected chi connectivity index (χ1v) is 6.55. The molecule has 0 saturated carbocycles. The first-order valence-electron chi connectivity index (χ1n) is 5.76. The summed E-state index contributed by atoms with van der Waals surface area (Å²) in [6, 6.07) is 1.01. The summed E-state index contributed by atoms with van der Waals surface area (Å²) in [6.45, 7) is 2.22. The van der Waals surface area contributed by atoms with Crippen molar-refractivity contribution < 1.29 is 17.9 Å². The number of nitrogens with one attached hydrogen (secondary N) is 2. The van der Waals surface area contributed by atoms with E-state index in [1.807, 2.05) is 0 Å². The van der Waals surface area contributed by atoms with E-state index in [0.717, 1.165) is 12.6 Å². The molecule has 1 aromatic heterocycles. The SMILES string of the molecule is FC(F)(F)c1cc(Br)cnc1NCC1CNCCO1. The molecule has 2 rings (SSSR count). The number of anilines is 1. The summed E-state index contributed by atoms with van der Waals surface area (Å²) in [4.78, 5) is 3.78. The first-order chi connectivity index (χ1) is 8.97. The first kappa shape index (κ1) is 14.5. The predicted molar refractivity (Wildman–Crippen MR) is 68.0 cm³/mol. The summed E-state index contributed by atoms with van der Waals surface area (Å²) in [7, 11) is 0. The number of morpholine rings is 1. The average Bonchev–Trinajstić information content (AvgIpc) is 2.37. The van der Waals surface area contributed by atoms with Gasteiger partial charge in [-0.2, -0.15) is 13.2 Å². The smallest absolute Gasteiger partial charge is 0.374 e. The Bertz CT molecular complexity index is 436. The minimum absolute atomic E-state index is 0.153. The van der Waals surface area contributed by atoms with Gasteiger partial charge in [0.2, 0.25) is 0 Å². The van der Waals surface area contributed by atoms with Crippen molar-refractivity contribution >= 4 is 21.7 Å². The van der Waals surface area contributed by atoms with E-state index in [1.54, 1.807) is 0 Å². The molecule has 0 radical (unpaired) electrons. The van der Waals surface area contributed by atoms with Gasteiger partial charge in [0, 0.05) is 30.3 Å². The lowest BCUT2D eigenvalue weighted by molar-refractivity contribution is -0.137. The van der Waals surface area contributed by atoms with Crippen LogP contribution >= 0.6 is 15.9 Å². The third kappa shape index (κ3) is 4.05. The van der Waals surface area contributed by atoms with Gasteiger partial charge in [-0.25, -0.2) is 4.98 Å². The summed E-state index contributed by atoms with van der Waals surface area (Å²) >= 11 is 2.99. The van der Waals surface area contributed by atoms with Gasteiger partial charge in [-0.1, -0.05) is 0 Å². The molecular formula is C11H13BrF3N3O. The van der Waals surface area contributed by atoms with Crippen molar-refractivity contribution in [3.63, 3.8) is 0 Å². The largest absolute Gasteiger partial charge is 0.419 e. The average molecular weight is 340 g/mol. The molecular weight excluding hydrogens is 327 g/mol. The summed E-state index contributed by atoms with van der Waals surface area (Å²) in [5.41, 5.74) is -0.786. The molecule has 0 amide bonds. The maximum Gasteiger partial charge on any atom is 0.419 e. The molecule has 1 fully saturated rings. The Morgan fingerprint density at radius 1 is 1.53 bits per heavy atom. The van der Waals surface area contributed by atoms with Gasteiger partial charge < -0.3 is 15.4 Å². The van der Waals surface area contributed by atoms with Crippen LogP contribution in [0.1, 0.15) is 5.56 Å². The van der Waals surface area contributed by atoms with E-state index >= 15 is 0 Å². The molecule has 1 aromatic rings. The number of halogens is 4. The molecule has 0 aliphatic carbocycles. The van der Waals surface area contributed by atoms with Crippen molar-refractivity contribution in [3.8, 4) is 0 Å². The van der Waals surface area contributed by atoms with Crippen LogP contribution in [0.4, 0.5) is 19.0 Å². The van der Waals surface area contributed by atoms with Crippen molar-refractivity contribution in [1.82, 2.24) is 10.3 Å². The number of nitrogens with zero attached hydrogens (tertiary/aromatic N) is 1. The van der Waals surface area contributed by atoms with E-state index in [9.17, 15) is 13.2 Å². The van der Waals surface area contributed by atoms with Gasteiger partial charge in [-0.05, 0) is 22.0 Å². The van der Waals surface area contributed by atoms with E-state index in [4.69, 9.17) is 4.74 Å². The molecule has 2 heterocycles. The summed E-state index contributed by atoms with van der Waals surface area (Å²) < 4.78 is 44.2.